The van der Waals surface area contributed by atoms with Crippen molar-refractivity contribution >= 4 is 14.3 Å². The second-order valence-corrected chi connectivity index (χ2v) is 20.3. The molecule has 1 N–H and O–H groups in total. The van der Waals surface area contributed by atoms with Gasteiger partial charge in [-0.3, -0.25) is 4.79 Å². The summed E-state index contributed by atoms with van der Waals surface area (Å²) in [6.45, 7) is 27.3. The van der Waals surface area contributed by atoms with E-state index in [4.69, 9.17) is 9.16 Å². The summed E-state index contributed by atoms with van der Waals surface area (Å²) in [7, 11) is -1.87. The highest BCUT2D eigenvalue weighted by molar-refractivity contribution is 6.74. The van der Waals surface area contributed by atoms with Crippen LogP contribution in [0.15, 0.2) is 24.3 Å². The van der Waals surface area contributed by atoms with Gasteiger partial charge in [-0.05, 0) is 105 Å². The van der Waals surface area contributed by atoms with Crippen LogP contribution in [-0.2, 0) is 14.0 Å². The van der Waals surface area contributed by atoms with Crippen LogP contribution in [0, 0.1) is 41.4 Å². The molecule has 4 unspecified atom stereocenters. The molecule has 0 spiro atoms. The molecule has 0 aromatic rings. The molecule has 0 bridgehead atoms. The van der Waals surface area contributed by atoms with Gasteiger partial charge < -0.3 is 14.3 Å². The average Bonchev–Trinajstić information content (AvgIpc) is 2.98. The second kappa shape index (κ2) is 17.0. The Hall–Kier alpha value is -0.913. The van der Waals surface area contributed by atoms with Crippen molar-refractivity contribution in [3.63, 3.8) is 0 Å². The van der Waals surface area contributed by atoms with Crippen LogP contribution < -0.4 is 0 Å². The number of hydrogen-bond donors (Lipinski definition) is 1. The molecule has 0 radical (unpaired) electrons. The Labute approximate surface area is 261 Å². The van der Waals surface area contributed by atoms with Crippen molar-refractivity contribution in [2.75, 3.05) is 6.61 Å². The van der Waals surface area contributed by atoms with Crippen LogP contribution in [-0.4, -0.2) is 38.2 Å². The largest absolute Gasteiger partial charge is 0.466 e. The monoisotopic (exact) mass is 604 g/mol. The first-order valence-corrected chi connectivity index (χ1v) is 20.4. The Morgan fingerprint density at radius 2 is 1.71 bits per heavy atom. The highest BCUT2D eigenvalue weighted by atomic mass is 28.4. The molecule has 2 aliphatic carbocycles. The summed E-state index contributed by atoms with van der Waals surface area (Å²) in [4.78, 5) is 12.4. The predicted octanol–water partition coefficient (Wildman–Crippen LogP) is 10.1. The third-order valence-corrected chi connectivity index (χ3v) is 16.0. The summed E-state index contributed by atoms with van der Waals surface area (Å²) >= 11 is 0. The van der Waals surface area contributed by atoms with Crippen LogP contribution in [0.2, 0.25) is 18.1 Å². The zero-order valence-corrected chi connectivity index (χ0v) is 30.2. The fourth-order valence-corrected chi connectivity index (χ4v) is 8.58. The van der Waals surface area contributed by atoms with Gasteiger partial charge in [-0.1, -0.05) is 92.9 Å². The minimum absolute atomic E-state index is 0.0510. The highest BCUT2D eigenvalue weighted by Crippen LogP contribution is 2.43. The Bertz CT molecular complexity index is 858. The number of carbonyl (C=O) groups excluding carboxylic acids is 1. The summed E-state index contributed by atoms with van der Waals surface area (Å²) in [5.41, 5.74) is 1.05. The molecule has 2 rings (SSSR count). The molecule has 5 heteroatoms. The van der Waals surface area contributed by atoms with E-state index in [2.05, 4.69) is 80.3 Å². The minimum Gasteiger partial charge on any atom is -0.466 e. The van der Waals surface area contributed by atoms with Crippen molar-refractivity contribution in [1.29, 1.82) is 0 Å². The van der Waals surface area contributed by atoms with Gasteiger partial charge in [-0.15, -0.1) is 0 Å². The lowest BCUT2D eigenvalue weighted by Crippen LogP contribution is -2.46. The lowest BCUT2D eigenvalue weighted by molar-refractivity contribution is -0.149. The number of esters is 1. The summed E-state index contributed by atoms with van der Waals surface area (Å²) in [6, 6.07) is 0. The van der Waals surface area contributed by atoms with Crippen molar-refractivity contribution in [3.8, 4) is 0 Å². The van der Waals surface area contributed by atoms with Crippen molar-refractivity contribution in [3.05, 3.63) is 24.3 Å². The second-order valence-electron chi connectivity index (χ2n) is 15.6. The van der Waals surface area contributed by atoms with E-state index in [0.29, 0.717) is 30.8 Å². The fourth-order valence-electron chi connectivity index (χ4n) is 7.20. The van der Waals surface area contributed by atoms with Gasteiger partial charge in [0, 0.05) is 12.5 Å². The molecular weight excluding hydrogens is 536 g/mol. The van der Waals surface area contributed by atoms with E-state index in [1.54, 1.807) is 0 Å². The molecule has 2 fully saturated rings. The summed E-state index contributed by atoms with van der Waals surface area (Å²) in [6.07, 6.45) is 17.1. The maximum absolute atomic E-state index is 12.4. The van der Waals surface area contributed by atoms with E-state index in [1.807, 2.05) is 6.92 Å². The van der Waals surface area contributed by atoms with Gasteiger partial charge in [-0.2, -0.15) is 0 Å². The zero-order chi connectivity index (χ0) is 31.7. The molecule has 42 heavy (non-hydrogen) atoms. The van der Waals surface area contributed by atoms with Gasteiger partial charge in [-0.25, -0.2) is 0 Å². The number of rotatable bonds is 12. The van der Waals surface area contributed by atoms with E-state index < -0.39 is 14.4 Å². The van der Waals surface area contributed by atoms with E-state index in [9.17, 15) is 9.90 Å². The van der Waals surface area contributed by atoms with Crippen LogP contribution >= 0.6 is 0 Å². The molecule has 2 saturated carbocycles. The molecule has 0 aromatic carbocycles. The molecule has 0 heterocycles. The highest BCUT2D eigenvalue weighted by Gasteiger charge is 2.42. The van der Waals surface area contributed by atoms with E-state index in [0.717, 1.165) is 36.7 Å². The molecule has 2 aliphatic rings. The van der Waals surface area contributed by atoms with Gasteiger partial charge in [0.1, 0.15) is 0 Å². The smallest absolute Gasteiger partial charge is 0.309 e. The number of ether oxygens (including phenoxy) is 1. The predicted molar refractivity (Wildman–Crippen MR) is 181 cm³/mol. The first-order chi connectivity index (χ1) is 19.6. The third-order valence-electron chi connectivity index (χ3n) is 11.5. The number of carbonyl (C=O) groups is 1. The van der Waals surface area contributed by atoms with Gasteiger partial charge in [0.15, 0.2) is 8.32 Å². The van der Waals surface area contributed by atoms with Crippen LogP contribution in [0.4, 0.5) is 0 Å². The number of hydrogen-bond acceptors (Lipinski definition) is 4. The van der Waals surface area contributed by atoms with Crippen LogP contribution in [0.25, 0.3) is 0 Å². The normalized spacial score (nSPS) is 30.7. The van der Waals surface area contributed by atoms with E-state index >= 15 is 0 Å². The van der Waals surface area contributed by atoms with Crippen LogP contribution in [0.3, 0.4) is 0 Å². The van der Waals surface area contributed by atoms with Crippen molar-refractivity contribution in [1.82, 2.24) is 0 Å². The van der Waals surface area contributed by atoms with Gasteiger partial charge in [0.25, 0.3) is 0 Å². The minimum atomic E-state index is -1.87. The molecule has 0 aromatic heterocycles. The summed E-state index contributed by atoms with van der Waals surface area (Å²) in [5.74, 6) is 3.16. The number of allylic oxidation sites excluding steroid dienone is 2. The van der Waals surface area contributed by atoms with Gasteiger partial charge >= 0.3 is 5.97 Å². The Morgan fingerprint density at radius 3 is 2.33 bits per heavy atom. The van der Waals surface area contributed by atoms with Crippen molar-refractivity contribution in [2.45, 2.75) is 156 Å². The summed E-state index contributed by atoms with van der Waals surface area (Å²) in [5, 5.41) is 11.1. The van der Waals surface area contributed by atoms with Crippen LogP contribution in [0.1, 0.15) is 126 Å². The molecule has 4 nitrogen and oxygen atoms in total. The first-order valence-electron chi connectivity index (χ1n) is 17.5. The van der Waals surface area contributed by atoms with Crippen molar-refractivity contribution < 1.29 is 19.1 Å². The third kappa shape index (κ3) is 10.9. The number of aliphatic hydroxyl groups excluding tert-OH is 1. The molecule has 0 saturated heterocycles. The number of aliphatic hydroxyl groups is 1. The Kier molecular flexibility index (Phi) is 15.1. The molecule has 0 aliphatic heterocycles. The molecule has 244 valence electrons. The van der Waals surface area contributed by atoms with Gasteiger partial charge in [0.05, 0.1) is 18.6 Å². The molecular formula is C37H68O4Si. The Balaban J connectivity index is 1.94. The lowest BCUT2D eigenvalue weighted by atomic mass is 9.75. The topological polar surface area (TPSA) is 55.8 Å². The fraction of sp³-hybridized carbons (Fsp3) is 0.865. The van der Waals surface area contributed by atoms with Crippen molar-refractivity contribution in [2.24, 2.45) is 41.4 Å². The first kappa shape index (κ1) is 37.3. The maximum Gasteiger partial charge on any atom is 0.309 e. The average molecular weight is 605 g/mol. The SMILES string of the molecule is C=C1C(CCC2CCCCC([C@H](C)/C=C/[C@@H](C)[C@H](CC)C(=O)OCC)CCC2C)C[C@@H](O[Si](C)(C)C(C)(C)C)C[C@@H]1O. The lowest BCUT2D eigenvalue weighted by Gasteiger charge is -2.43. The summed E-state index contributed by atoms with van der Waals surface area (Å²) < 4.78 is 12.1. The maximum atomic E-state index is 12.4. The zero-order valence-electron chi connectivity index (χ0n) is 29.2. The van der Waals surface area contributed by atoms with E-state index in [-0.39, 0.29) is 28.9 Å². The van der Waals surface area contributed by atoms with Gasteiger partial charge in [0.2, 0.25) is 0 Å². The Morgan fingerprint density at radius 1 is 1.05 bits per heavy atom. The van der Waals surface area contributed by atoms with Crippen LogP contribution in [0.5, 0.6) is 0 Å². The molecule has 0 amide bonds. The standard InChI is InChI=1S/C37H68O4Si/c1-12-34(36(39)40-13-2)28(5)19-18-26(3)30-16-14-15-17-31(27(4)20-21-30)22-23-32-24-33(25-35(38)29(32)6)41-42(10,11)37(7,8)9/h18-19,26-28,30-35,38H,6,12-17,20-25H2,1-5,7-11H3/b19-18+/t26-,27?,28-,30?,31?,32?,33-,34+,35+/m1/s1. The van der Waals surface area contributed by atoms with E-state index in [1.165, 1.54) is 44.9 Å². The molecule has 9 atom stereocenters. The quantitative estimate of drug-likeness (QED) is 0.137.